The molecule has 0 fully saturated rings. The minimum atomic E-state index is -1.02. The number of rotatable bonds is 7. The summed E-state index contributed by atoms with van der Waals surface area (Å²) in [4.78, 5) is 24.5. The second-order valence-electron chi connectivity index (χ2n) is 4.69. The van der Waals surface area contributed by atoms with Crippen molar-refractivity contribution in [1.82, 2.24) is 4.90 Å². The first-order valence-electron chi connectivity index (χ1n) is 6.69. The third-order valence-electron chi connectivity index (χ3n) is 3.12. The van der Waals surface area contributed by atoms with E-state index in [0.29, 0.717) is 12.2 Å². The molecule has 2 unspecified atom stereocenters. The summed E-state index contributed by atoms with van der Waals surface area (Å²) in [6.45, 7) is 5.06. The number of benzene rings is 1. The Bertz CT molecular complexity index is 446. The average molecular weight is 279 g/mol. The van der Waals surface area contributed by atoms with Crippen LogP contribution in [0.5, 0.6) is 5.75 Å². The number of ether oxygens (including phenoxy) is 1. The maximum atomic E-state index is 12.3. The van der Waals surface area contributed by atoms with Crippen molar-refractivity contribution in [1.29, 1.82) is 0 Å². The van der Waals surface area contributed by atoms with Crippen molar-refractivity contribution in [3.05, 3.63) is 30.3 Å². The van der Waals surface area contributed by atoms with E-state index >= 15 is 0 Å². The number of amides is 1. The summed E-state index contributed by atoms with van der Waals surface area (Å²) in [6, 6.07) is 8.87. The molecule has 0 bridgehead atoms. The van der Waals surface area contributed by atoms with Crippen molar-refractivity contribution < 1.29 is 19.4 Å². The molecule has 5 nitrogen and oxygen atoms in total. The van der Waals surface area contributed by atoms with Gasteiger partial charge in [0.1, 0.15) is 12.3 Å². The third kappa shape index (κ3) is 4.57. The number of para-hydroxylation sites is 1. The van der Waals surface area contributed by atoms with E-state index < -0.39 is 12.1 Å². The van der Waals surface area contributed by atoms with Crippen LogP contribution in [0.3, 0.4) is 0 Å². The first kappa shape index (κ1) is 16.0. The van der Waals surface area contributed by atoms with E-state index in [1.54, 1.807) is 19.1 Å². The van der Waals surface area contributed by atoms with Crippen LogP contribution in [-0.4, -0.2) is 40.6 Å². The number of hydrogen-bond acceptors (Lipinski definition) is 3. The van der Waals surface area contributed by atoms with Gasteiger partial charge in [-0.3, -0.25) is 9.59 Å². The SMILES string of the molecule is CCC(C)N(CC(=O)O)C(=O)C(C)Oc1ccccc1. The summed E-state index contributed by atoms with van der Waals surface area (Å²) in [7, 11) is 0. The summed E-state index contributed by atoms with van der Waals surface area (Å²) in [6.07, 6.45) is -0.0254. The maximum absolute atomic E-state index is 12.3. The van der Waals surface area contributed by atoms with E-state index in [9.17, 15) is 9.59 Å². The molecule has 0 saturated carbocycles. The van der Waals surface area contributed by atoms with Crippen molar-refractivity contribution >= 4 is 11.9 Å². The molecule has 20 heavy (non-hydrogen) atoms. The highest BCUT2D eigenvalue weighted by Gasteiger charge is 2.27. The van der Waals surface area contributed by atoms with Gasteiger partial charge in [-0.05, 0) is 32.4 Å². The van der Waals surface area contributed by atoms with Gasteiger partial charge in [0, 0.05) is 6.04 Å². The minimum absolute atomic E-state index is 0.138. The number of carbonyl (C=O) groups excluding carboxylic acids is 1. The average Bonchev–Trinajstić information content (AvgIpc) is 2.44. The molecule has 1 amide bonds. The fraction of sp³-hybridized carbons (Fsp3) is 0.467. The lowest BCUT2D eigenvalue weighted by molar-refractivity contribution is -0.149. The normalized spacial score (nSPS) is 13.3. The molecule has 1 N–H and O–H groups in total. The summed E-state index contributed by atoms with van der Waals surface area (Å²) in [5, 5.41) is 8.91. The molecular weight excluding hydrogens is 258 g/mol. The van der Waals surface area contributed by atoms with E-state index in [1.165, 1.54) is 4.90 Å². The first-order valence-corrected chi connectivity index (χ1v) is 6.69. The highest BCUT2D eigenvalue weighted by molar-refractivity contribution is 5.84. The van der Waals surface area contributed by atoms with Crippen LogP contribution in [0.15, 0.2) is 30.3 Å². The van der Waals surface area contributed by atoms with Crippen LogP contribution >= 0.6 is 0 Å². The Labute approximate surface area is 119 Å². The smallest absolute Gasteiger partial charge is 0.323 e. The Morgan fingerprint density at radius 2 is 1.85 bits per heavy atom. The quantitative estimate of drug-likeness (QED) is 0.830. The largest absolute Gasteiger partial charge is 0.481 e. The van der Waals surface area contributed by atoms with Crippen LogP contribution < -0.4 is 4.74 Å². The van der Waals surface area contributed by atoms with Crippen LogP contribution in [0.25, 0.3) is 0 Å². The Morgan fingerprint density at radius 1 is 1.25 bits per heavy atom. The Hall–Kier alpha value is -2.04. The lowest BCUT2D eigenvalue weighted by Crippen LogP contribution is -2.47. The van der Waals surface area contributed by atoms with Gasteiger partial charge in [0.15, 0.2) is 6.10 Å². The lowest BCUT2D eigenvalue weighted by Gasteiger charge is -2.29. The van der Waals surface area contributed by atoms with Crippen molar-refractivity contribution in [2.45, 2.75) is 39.3 Å². The van der Waals surface area contributed by atoms with Gasteiger partial charge in [0.25, 0.3) is 5.91 Å². The summed E-state index contributed by atoms with van der Waals surface area (Å²) in [5.41, 5.74) is 0. The molecule has 0 spiro atoms. The van der Waals surface area contributed by atoms with Gasteiger partial charge in [-0.2, -0.15) is 0 Å². The Balaban J connectivity index is 2.75. The van der Waals surface area contributed by atoms with Gasteiger partial charge in [-0.1, -0.05) is 25.1 Å². The number of nitrogens with zero attached hydrogens (tertiary/aromatic N) is 1. The van der Waals surface area contributed by atoms with Crippen LogP contribution in [0, 0.1) is 0 Å². The number of hydrogen-bond donors (Lipinski definition) is 1. The van der Waals surface area contributed by atoms with E-state index in [-0.39, 0.29) is 18.5 Å². The molecule has 0 saturated heterocycles. The highest BCUT2D eigenvalue weighted by Crippen LogP contribution is 2.14. The van der Waals surface area contributed by atoms with Gasteiger partial charge in [0.2, 0.25) is 0 Å². The molecule has 0 aliphatic heterocycles. The molecular formula is C15H21NO4. The zero-order chi connectivity index (χ0) is 15.1. The maximum Gasteiger partial charge on any atom is 0.323 e. The first-order chi connectivity index (χ1) is 9.45. The monoisotopic (exact) mass is 279 g/mol. The molecule has 5 heteroatoms. The summed E-state index contributed by atoms with van der Waals surface area (Å²) in [5.74, 6) is -0.746. The van der Waals surface area contributed by atoms with Crippen molar-refractivity contribution in [3.63, 3.8) is 0 Å². The van der Waals surface area contributed by atoms with E-state index in [1.807, 2.05) is 32.0 Å². The van der Waals surface area contributed by atoms with Crippen LogP contribution in [0.2, 0.25) is 0 Å². The molecule has 0 radical (unpaired) electrons. The highest BCUT2D eigenvalue weighted by atomic mass is 16.5. The second-order valence-corrected chi connectivity index (χ2v) is 4.69. The zero-order valence-electron chi connectivity index (χ0n) is 12.1. The van der Waals surface area contributed by atoms with Gasteiger partial charge < -0.3 is 14.7 Å². The predicted octanol–water partition coefficient (Wildman–Crippen LogP) is 2.17. The van der Waals surface area contributed by atoms with Crippen LogP contribution in [-0.2, 0) is 9.59 Å². The zero-order valence-corrected chi connectivity index (χ0v) is 12.1. The molecule has 0 aromatic heterocycles. The van der Waals surface area contributed by atoms with Crippen LogP contribution in [0.1, 0.15) is 27.2 Å². The van der Waals surface area contributed by atoms with E-state index in [0.717, 1.165) is 0 Å². The molecule has 1 rings (SSSR count). The molecule has 0 aliphatic rings. The van der Waals surface area contributed by atoms with Crippen molar-refractivity contribution in [2.75, 3.05) is 6.54 Å². The fourth-order valence-corrected chi connectivity index (χ4v) is 1.80. The molecule has 2 atom stereocenters. The molecule has 110 valence electrons. The van der Waals surface area contributed by atoms with Gasteiger partial charge in [-0.15, -0.1) is 0 Å². The number of aliphatic carboxylic acids is 1. The second kappa shape index (κ2) is 7.53. The number of carboxylic acids is 1. The minimum Gasteiger partial charge on any atom is -0.481 e. The summed E-state index contributed by atoms with van der Waals surface area (Å²) < 4.78 is 5.55. The lowest BCUT2D eigenvalue weighted by atomic mass is 10.2. The molecule has 1 aromatic carbocycles. The third-order valence-corrected chi connectivity index (χ3v) is 3.12. The van der Waals surface area contributed by atoms with Crippen molar-refractivity contribution in [2.24, 2.45) is 0 Å². The topological polar surface area (TPSA) is 66.8 Å². The fourth-order valence-electron chi connectivity index (χ4n) is 1.80. The molecule has 1 aromatic rings. The predicted molar refractivity (Wildman–Crippen MR) is 75.6 cm³/mol. The van der Waals surface area contributed by atoms with Gasteiger partial charge in [0.05, 0.1) is 0 Å². The number of carbonyl (C=O) groups is 2. The van der Waals surface area contributed by atoms with Gasteiger partial charge in [-0.25, -0.2) is 0 Å². The molecule has 0 heterocycles. The Kier molecular flexibility index (Phi) is 6.03. The standard InChI is InChI=1S/C15H21NO4/c1-4-11(2)16(10-14(17)18)15(19)12(3)20-13-8-6-5-7-9-13/h5-9,11-12H,4,10H2,1-3H3,(H,17,18). The molecule has 0 aliphatic carbocycles. The van der Waals surface area contributed by atoms with Crippen molar-refractivity contribution in [3.8, 4) is 5.75 Å². The van der Waals surface area contributed by atoms with E-state index in [4.69, 9.17) is 9.84 Å². The number of carboxylic acid groups (broad SMARTS) is 1. The van der Waals surface area contributed by atoms with Crippen LogP contribution in [0.4, 0.5) is 0 Å². The Morgan fingerprint density at radius 3 is 2.35 bits per heavy atom. The summed E-state index contributed by atoms with van der Waals surface area (Å²) >= 11 is 0. The van der Waals surface area contributed by atoms with E-state index in [2.05, 4.69) is 0 Å². The van der Waals surface area contributed by atoms with Gasteiger partial charge >= 0.3 is 5.97 Å².